The lowest BCUT2D eigenvalue weighted by molar-refractivity contribution is 0.473. The minimum atomic E-state index is 0.355. The van der Waals surface area contributed by atoms with Crippen molar-refractivity contribution in [3.63, 3.8) is 0 Å². The molecule has 6 heteroatoms. The first kappa shape index (κ1) is 24.9. The Hall–Kier alpha value is -3.77. The van der Waals surface area contributed by atoms with Crippen LogP contribution in [0.15, 0.2) is 78.9 Å². The van der Waals surface area contributed by atoms with Gasteiger partial charge in [-0.1, -0.05) is 36.4 Å². The van der Waals surface area contributed by atoms with Crippen molar-refractivity contribution in [2.24, 2.45) is 0 Å². The van der Waals surface area contributed by atoms with E-state index in [1.807, 2.05) is 29.2 Å². The third kappa shape index (κ3) is 4.69. The molecule has 1 heterocycles. The van der Waals surface area contributed by atoms with E-state index in [-0.39, 0.29) is 0 Å². The number of benzene rings is 4. The summed E-state index contributed by atoms with van der Waals surface area (Å²) in [7, 11) is 0. The van der Waals surface area contributed by atoms with Crippen LogP contribution < -0.4 is 24.2 Å². The first-order chi connectivity index (χ1) is 18.1. The third-order valence-electron chi connectivity index (χ3n) is 6.98. The van der Waals surface area contributed by atoms with Gasteiger partial charge >= 0.3 is 0 Å². The van der Waals surface area contributed by atoms with E-state index in [2.05, 4.69) is 92.1 Å². The van der Waals surface area contributed by atoms with Crippen LogP contribution in [-0.4, -0.2) is 31.4 Å². The lowest BCUT2D eigenvalue weighted by Crippen LogP contribution is -2.31. The molecule has 4 aromatic carbocycles. The van der Waals surface area contributed by atoms with E-state index in [0.717, 1.165) is 76.9 Å². The molecule has 5 rings (SSSR count). The van der Waals surface area contributed by atoms with E-state index in [0.29, 0.717) is 5.17 Å². The first-order valence-corrected chi connectivity index (χ1v) is 13.4. The summed E-state index contributed by atoms with van der Waals surface area (Å²) in [5.74, 6) is 2.26. The molecule has 190 valence electrons. The summed E-state index contributed by atoms with van der Waals surface area (Å²) >= 11 is 5.96. The fraction of sp³-hybridized carbons (Fsp3) is 0.258. The maximum Gasteiger partial charge on any atom is 0.274 e. The van der Waals surface area contributed by atoms with Crippen LogP contribution in [0.1, 0.15) is 27.7 Å². The Bertz CT molecular complexity index is 1360. The average molecular weight is 512 g/mol. The van der Waals surface area contributed by atoms with Crippen molar-refractivity contribution in [3.8, 4) is 17.2 Å². The van der Waals surface area contributed by atoms with E-state index in [9.17, 15) is 0 Å². The van der Waals surface area contributed by atoms with Crippen LogP contribution in [0.5, 0.6) is 17.2 Å². The molecule has 0 amide bonds. The van der Waals surface area contributed by atoms with Gasteiger partial charge in [-0.2, -0.15) is 0 Å². The van der Waals surface area contributed by atoms with Crippen molar-refractivity contribution in [2.45, 2.75) is 27.7 Å². The highest BCUT2D eigenvalue weighted by Crippen LogP contribution is 2.49. The Morgan fingerprint density at radius 1 is 0.730 bits per heavy atom. The molecule has 0 radical (unpaired) electrons. The number of thiocarbonyl (C=S) groups is 1. The van der Waals surface area contributed by atoms with Gasteiger partial charge in [0.25, 0.3) is 5.17 Å². The number of hydrogen-bond acceptors (Lipinski definition) is 5. The van der Waals surface area contributed by atoms with Crippen molar-refractivity contribution in [1.29, 1.82) is 0 Å². The van der Waals surface area contributed by atoms with Gasteiger partial charge in [-0.3, -0.25) is 4.90 Å². The van der Waals surface area contributed by atoms with Crippen molar-refractivity contribution >= 4 is 50.9 Å². The molecule has 0 aromatic heterocycles. The molecule has 0 spiro atoms. The van der Waals surface area contributed by atoms with Gasteiger partial charge in [-0.05, 0) is 75.6 Å². The lowest BCUT2D eigenvalue weighted by Gasteiger charge is -2.34. The van der Waals surface area contributed by atoms with E-state index < -0.39 is 0 Å². The Morgan fingerprint density at radius 3 is 1.84 bits per heavy atom. The number of ether oxygens (including phenoxy) is 2. The summed E-state index contributed by atoms with van der Waals surface area (Å²) in [5.41, 5.74) is 3.97. The Labute approximate surface area is 224 Å². The number of hydrogen-bond donors (Lipinski definition) is 0. The highest BCUT2D eigenvalue weighted by atomic mass is 32.1. The van der Waals surface area contributed by atoms with Crippen molar-refractivity contribution in [1.82, 2.24) is 0 Å². The summed E-state index contributed by atoms with van der Waals surface area (Å²) in [5, 5.41) is 2.49. The fourth-order valence-corrected chi connectivity index (χ4v) is 5.27. The molecule has 0 N–H and O–H groups in total. The lowest BCUT2D eigenvalue weighted by atomic mass is 10.1. The van der Waals surface area contributed by atoms with Crippen LogP contribution in [0, 0.1) is 0 Å². The number of rotatable bonds is 7. The van der Waals surface area contributed by atoms with Crippen LogP contribution in [0.25, 0.3) is 10.8 Å². The van der Waals surface area contributed by atoms with Gasteiger partial charge in [-0.25, -0.2) is 0 Å². The van der Waals surface area contributed by atoms with Gasteiger partial charge in [0.1, 0.15) is 5.75 Å². The number of anilines is 4. The smallest absolute Gasteiger partial charge is 0.274 e. The van der Waals surface area contributed by atoms with E-state index in [1.54, 1.807) is 0 Å². The highest BCUT2D eigenvalue weighted by Gasteiger charge is 2.30. The van der Waals surface area contributed by atoms with Crippen LogP contribution in [0.3, 0.4) is 0 Å². The molecular formula is C31H33N3O2S. The second-order valence-corrected chi connectivity index (χ2v) is 9.28. The SMILES string of the molecule is CCN(CC)c1ccc2c(c1)Oc1cc(N(CC)CC)ccc1N2C(=S)Oc1cccc2ccccc12. The van der Waals surface area contributed by atoms with Gasteiger partial charge in [-0.15, -0.1) is 0 Å². The molecule has 1 aliphatic heterocycles. The van der Waals surface area contributed by atoms with Crippen LogP contribution >= 0.6 is 12.2 Å². The monoisotopic (exact) mass is 511 g/mol. The van der Waals surface area contributed by atoms with Crippen LogP contribution in [-0.2, 0) is 0 Å². The predicted octanol–water partition coefficient (Wildman–Crippen LogP) is 8.14. The van der Waals surface area contributed by atoms with Gasteiger partial charge < -0.3 is 19.3 Å². The molecule has 0 bridgehead atoms. The maximum atomic E-state index is 6.53. The normalized spacial score (nSPS) is 11.9. The second-order valence-electron chi connectivity index (χ2n) is 8.93. The average Bonchev–Trinajstić information content (AvgIpc) is 2.93. The van der Waals surface area contributed by atoms with Gasteiger partial charge in [0.2, 0.25) is 0 Å². The molecule has 1 aliphatic rings. The van der Waals surface area contributed by atoms with Crippen molar-refractivity contribution in [3.05, 3.63) is 78.9 Å². The predicted molar refractivity (Wildman–Crippen MR) is 159 cm³/mol. The Morgan fingerprint density at radius 2 is 1.27 bits per heavy atom. The van der Waals surface area contributed by atoms with E-state index >= 15 is 0 Å². The summed E-state index contributed by atoms with van der Waals surface area (Å²) < 4.78 is 12.9. The maximum absolute atomic E-state index is 6.53. The zero-order chi connectivity index (χ0) is 25.9. The molecule has 0 saturated heterocycles. The third-order valence-corrected chi connectivity index (χ3v) is 7.24. The van der Waals surface area contributed by atoms with Crippen LogP contribution in [0.4, 0.5) is 22.7 Å². The first-order valence-electron chi connectivity index (χ1n) is 13.0. The molecule has 5 nitrogen and oxygen atoms in total. The largest absolute Gasteiger partial charge is 0.453 e. The molecule has 0 saturated carbocycles. The van der Waals surface area contributed by atoms with Crippen molar-refractivity contribution in [2.75, 3.05) is 40.9 Å². The molecular weight excluding hydrogens is 478 g/mol. The van der Waals surface area contributed by atoms with Crippen molar-refractivity contribution < 1.29 is 9.47 Å². The Kier molecular flexibility index (Phi) is 7.19. The molecule has 0 unspecified atom stereocenters. The molecule has 0 fully saturated rings. The molecule has 0 aliphatic carbocycles. The van der Waals surface area contributed by atoms with E-state index in [4.69, 9.17) is 21.7 Å². The minimum Gasteiger partial charge on any atom is -0.453 e. The standard InChI is InChI=1S/C31H33N3O2S/c1-5-32(6-2)23-16-18-26-29(20-23)35-30-21-24(33(7-3)8-4)17-19-27(30)34(26)31(37)36-28-15-11-13-22-12-9-10-14-25(22)28/h9-21H,5-8H2,1-4H3. The van der Waals surface area contributed by atoms with Gasteiger partial charge in [0.15, 0.2) is 11.5 Å². The minimum absolute atomic E-state index is 0.355. The van der Waals surface area contributed by atoms with E-state index in [1.165, 1.54) is 0 Å². The highest BCUT2D eigenvalue weighted by molar-refractivity contribution is 7.80. The number of nitrogens with zero attached hydrogens (tertiary/aromatic N) is 3. The zero-order valence-corrected chi connectivity index (χ0v) is 22.7. The molecule has 0 atom stereocenters. The summed E-state index contributed by atoms with van der Waals surface area (Å²) in [6, 6.07) is 26.8. The number of fused-ring (bicyclic) bond motifs is 3. The molecule has 37 heavy (non-hydrogen) atoms. The zero-order valence-electron chi connectivity index (χ0n) is 21.9. The summed E-state index contributed by atoms with van der Waals surface area (Å²) in [4.78, 5) is 6.60. The Balaban J connectivity index is 1.59. The topological polar surface area (TPSA) is 28.2 Å². The summed E-state index contributed by atoms with van der Waals surface area (Å²) in [6.07, 6.45) is 0. The van der Waals surface area contributed by atoms with Gasteiger partial charge in [0.05, 0.1) is 11.4 Å². The van der Waals surface area contributed by atoms with Gasteiger partial charge in [0, 0.05) is 55.1 Å². The fourth-order valence-electron chi connectivity index (χ4n) is 4.98. The molecule has 4 aromatic rings. The summed E-state index contributed by atoms with van der Waals surface area (Å²) in [6.45, 7) is 12.3. The quantitative estimate of drug-likeness (QED) is 0.233. The second kappa shape index (κ2) is 10.7. The van der Waals surface area contributed by atoms with Crippen LogP contribution in [0.2, 0.25) is 0 Å².